The van der Waals surface area contributed by atoms with Crippen LogP contribution in [0.2, 0.25) is 0 Å². The second-order valence-corrected chi connectivity index (χ2v) is 5.76. The highest BCUT2D eigenvalue weighted by molar-refractivity contribution is 5.82. The Morgan fingerprint density at radius 1 is 1.17 bits per heavy atom. The lowest BCUT2D eigenvalue weighted by molar-refractivity contribution is -0.134. The molecule has 0 heterocycles. The van der Waals surface area contributed by atoms with E-state index < -0.39 is 37.1 Å². The summed E-state index contributed by atoms with van der Waals surface area (Å²) in [7, 11) is 1.18. The summed E-state index contributed by atoms with van der Waals surface area (Å²) in [4.78, 5) is 39.2. The molecule has 0 fully saturated rings. The topological polar surface area (TPSA) is 153 Å². The molecule has 1 aromatic rings. The minimum atomic E-state index is -1.20. The maximum atomic E-state index is 12.4. The van der Waals surface area contributed by atoms with E-state index in [4.69, 9.17) is 9.84 Å². The Hall–Kier alpha value is -3.15. The zero-order chi connectivity index (χ0) is 21.8. The van der Waals surface area contributed by atoms with Gasteiger partial charge in [0.05, 0.1) is 19.8 Å². The van der Waals surface area contributed by atoms with E-state index in [0.717, 1.165) is 0 Å². The summed E-state index contributed by atoms with van der Waals surface area (Å²) in [6, 6.07) is 5.19. The molecule has 0 radical (unpaired) electrons. The molecule has 0 aliphatic rings. The summed E-state index contributed by atoms with van der Waals surface area (Å²) < 4.78 is 13.7. The minimum absolute atomic E-state index is 0.0870. The normalized spacial score (nSPS) is 12.3. The first-order valence-corrected chi connectivity index (χ1v) is 8.45. The molecular formula is C18H24N2O9. The van der Waals surface area contributed by atoms with E-state index in [1.165, 1.54) is 19.2 Å². The first-order chi connectivity index (χ1) is 13.8. The molecule has 160 valence electrons. The van der Waals surface area contributed by atoms with Gasteiger partial charge in [-0.2, -0.15) is 5.48 Å². The lowest BCUT2D eigenvalue weighted by atomic mass is 10.0. The van der Waals surface area contributed by atoms with Crippen LogP contribution in [0, 0.1) is 0 Å². The van der Waals surface area contributed by atoms with Crippen LogP contribution in [-0.4, -0.2) is 61.0 Å². The van der Waals surface area contributed by atoms with Crippen LogP contribution < -0.4 is 15.5 Å². The lowest BCUT2D eigenvalue weighted by Gasteiger charge is -2.22. The zero-order valence-electron chi connectivity index (χ0n) is 16.0. The number of hydrogen-bond acceptors (Lipinski definition) is 10. The van der Waals surface area contributed by atoms with Crippen LogP contribution in [0.4, 0.5) is 9.59 Å². The molecule has 4 N–H and O–H groups in total. The maximum absolute atomic E-state index is 12.4. The molecule has 1 unspecified atom stereocenters. The van der Waals surface area contributed by atoms with Crippen molar-refractivity contribution >= 4 is 18.2 Å². The second kappa shape index (κ2) is 12.3. The molecule has 1 rings (SSSR count). The molecule has 0 aliphatic heterocycles. The molecule has 0 saturated carbocycles. The number of methoxy groups -OCH3 is 1. The van der Waals surface area contributed by atoms with E-state index in [-0.39, 0.29) is 18.8 Å². The molecule has 29 heavy (non-hydrogen) atoms. The van der Waals surface area contributed by atoms with Crippen LogP contribution in [-0.2, 0) is 25.5 Å². The van der Waals surface area contributed by atoms with Gasteiger partial charge in [-0.3, -0.25) is 10.1 Å². The fraction of sp³-hybridized carbons (Fsp3) is 0.389. The molecule has 0 aromatic heterocycles. The Morgan fingerprint density at radius 2 is 1.83 bits per heavy atom. The van der Waals surface area contributed by atoms with E-state index in [1.54, 1.807) is 19.1 Å². The van der Waals surface area contributed by atoms with Gasteiger partial charge in [0.25, 0.3) is 5.91 Å². The maximum Gasteiger partial charge on any atom is 0.533 e. The van der Waals surface area contributed by atoms with Crippen LogP contribution in [0.5, 0.6) is 5.75 Å². The van der Waals surface area contributed by atoms with Gasteiger partial charge in [0.2, 0.25) is 0 Å². The summed E-state index contributed by atoms with van der Waals surface area (Å²) in [6.07, 6.45) is -3.17. The first kappa shape index (κ1) is 23.9. The summed E-state index contributed by atoms with van der Waals surface area (Å²) in [5, 5.41) is 21.2. The van der Waals surface area contributed by atoms with Crippen LogP contribution in [0.3, 0.4) is 0 Å². The Balaban J connectivity index is 2.78. The molecule has 0 spiro atoms. The van der Waals surface area contributed by atoms with Gasteiger partial charge in [0.1, 0.15) is 18.6 Å². The van der Waals surface area contributed by atoms with Gasteiger partial charge >= 0.3 is 12.3 Å². The monoisotopic (exact) mass is 412 g/mol. The molecule has 2 atom stereocenters. The van der Waals surface area contributed by atoms with E-state index >= 15 is 0 Å². The van der Waals surface area contributed by atoms with E-state index in [1.807, 2.05) is 5.48 Å². The molecule has 11 nitrogen and oxygen atoms in total. The highest BCUT2D eigenvalue weighted by Crippen LogP contribution is 2.14. The fourth-order valence-electron chi connectivity index (χ4n) is 1.95. The van der Waals surface area contributed by atoms with Gasteiger partial charge in [0.15, 0.2) is 0 Å². The van der Waals surface area contributed by atoms with Crippen molar-refractivity contribution in [1.29, 1.82) is 0 Å². The Morgan fingerprint density at radius 3 is 2.38 bits per heavy atom. The predicted molar refractivity (Wildman–Crippen MR) is 98.6 cm³/mol. The Kier molecular flexibility index (Phi) is 10.2. The third kappa shape index (κ3) is 9.06. The quantitative estimate of drug-likeness (QED) is 0.147. The number of aliphatic hydroxyl groups is 2. The Bertz CT molecular complexity index is 706. The standard InChI is InChI=1S/C18H24N2O9/c1-11(2)15(22)19-14(16(23)20-29-18(25)27-9-8-21)10-12-4-6-13(7-5-12)28-17(24)26-3/h4-7,14-15,19,21-22H,1,8-10H2,2-3H3,(H,20,23)/t14-,15?/m0/s1. The number of aliphatic hydroxyl groups excluding tert-OH is 2. The molecule has 1 aromatic carbocycles. The van der Waals surface area contributed by atoms with Crippen molar-refractivity contribution in [3.63, 3.8) is 0 Å². The van der Waals surface area contributed by atoms with E-state index in [9.17, 15) is 19.5 Å². The number of rotatable bonds is 9. The summed E-state index contributed by atoms with van der Waals surface area (Å²) in [5.74, 6) is -0.521. The first-order valence-electron chi connectivity index (χ1n) is 8.45. The van der Waals surface area contributed by atoms with Crippen LogP contribution in [0.25, 0.3) is 0 Å². The van der Waals surface area contributed by atoms with Crippen LogP contribution in [0.15, 0.2) is 36.4 Å². The number of benzene rings is 1. The van der Waals surface area contributed by atoms with Gasteiger partial charge < -0.3 is 29.3 Å². The molecule has 0 bridgehead atoms. The zero-order valence-corrected chi connectivity index (χ0v) is 16.0. The smallest absolute Gasteiger partial charge is 0.437 e. The van der Waals surface area contributed by atoms with Crippen molar-refractivity contribution < 1.29 is 43.6 Å². The number of hydroxylamine groups is 1. The number of carbonyl (C=O) groups is 3. The minimum Gasteiger partial charge on any atom is -0.437 e. The molecule has 1 amide bonds. The van der Waals surface area contributed by atoms with Gasteiger partial charge in [0, 0.05) is 0 Å². The third-order valence-electron chi connectivity index (χ3n) is 3.42. The van der Waals surface area contributed by atoms with E-state index in [0.29, 0.717) is 11.1 Å². The molecule has 0 saturated heterocycles. The van der Waals surface area contributed by atoms with Crippen molar-refractivity contribution in [3.8, 4) is 5.75 Å². The average molecular weight is 412 g/mol. The van der Waals surface area contributed by atoms with Gasteiger partial charge in [-0.05, 0) is 36.6 Å². The van der Waals surface area contributed by atoms with Crippen molar-refractivity contribution in [2.45, 2.75) is 25.6 Å². The van der Waals surface area contributed by atoms with E-state index in [2.05, 4.69) is 26.2 Å². The van der Waals surface area contributed by atoms with Gasteiger partial charge in [-0.25, -0.2) is 9.59 Å². The van der Waals surface area contributed by atoms with Gasteiger partial charge in [-0.15, -0.1) is 0 Å². The fourth-order valence-corrected chi connectivity index (χ4v) is 1.95. The highest BCUT2D eigenvalue weighted by atomic mass is 16.8. The van der Waals surface area contributed by atoms with Crippen molar-refractivity contribution in [2.75, 3.05) is 20.3 Å². The molecule has 0 aliphatic carbocycles. The second-order valence-electron chi connectivity index (χ2n) is 5.76. The third-order valence-corrected chi connectivity index (χ3v) is 3.42. The SMILES string of the molecule is C=C(C)C(O)N[C@@H](Cc1ccc(OC(=O)OC)cc1)C(=O)NOC(=O)OCCO. The van der Waals surface area contributed by atoms with Crippen molar-refractivity contribution in [2.24, 2.45) is 0 Å². The number of nitrogens with one attached hydrogen (secondary N) is 2. The lowest BCUT2D eigenvalue weighted by Crippen LogP contribution is -2.50. The van der Waals surface area contributed by atoms with Crippen molar-refractivity contribution in [3.05, 3.63) is 42.0 Å². The molecule has 11 heteroatoms. The van der Waals surface area contributed by atoms with Crippen LogP contribution >= 0.6 is 0 Å². The summed E-state index contributed by atoms with van der Waals surface area (Å²) >= 11 is 0. The Labute approximate surface area is 167 Å². The number of carbonyl (C=O) groups excluding carboxylic acids is 3. The summed E-state index contributed by atoms with van der Waals surface area (Å²) in [5.41, 5.74) is 2.93. The largest absolute Gasteiger partial charge is 0.533 e. The number of hydrogen-bond donors (Lipinski definition) is 4. The number of ether oxygens (including phenoxy) is 3. The summed E-state index contributed by atoms with van der Waals surface area (Å²) in [6.45, 7) is 4.48. The number of amides is 1. The van der Waals surface area contributed by atoms with Crippen LogP contribution in [0.1, 0.15) is 12.5 Å². The predicted octanol–water partition coefficient (Wildman–Crippen LogP) is 0.404. The van der Waals surface area contributed by atoms with Crippen molar-refractivity contribution in [1.82, 2.24) is 10.8 Å². The average Bonchev–Trinajstić information content (AvgIpc) is 2.70. The molecular weight excluding hydrogens is 388 g/mol. The van der Waals surface area contributed by atoms with Gasteiger partial charge in [-0.1, -0.05) is 18.7 Å². The highest BCUT2D eigenvalue weighted by Gasteiger charge is 2.23.